The molecule has 0 bridgehead atoms. The molecule has 0 radical (unpaired) electrons. The minimum Gasteiger partial charge on any atom is -0.360 e. The molecule has 0 spiro atoms. The van der Waals surface area contributed by atoms with E-state index in [0.717, 1.165) is 6.42 Å². The van der Waals surface area contributed by atoms with Crippen molar-refractivity contribution in [2.75, 3.05) is 18.9 Å². The molecule has 1 atom stereocenters. The predicted octanol–water partition coefficient (Wildman–Crippen LogP) is 0.507. The summed E-state index contributed by atoms with van der Waals surface area (Å²) in [7, 11) is 1.55. The Hall–Kier alpha value is -1.89. The first-order valence-corrected chi connectivity index (χ1v) is 6.17. The van der Waals surface area contributed by atoms with Crippen LogP contribution >= 0.6 is 0 Å². The molecule has 0 aromatic carbocycles. The highest BCUT2D eigenvalue weighted by molar-refractivity contribution is 5.94. The van der Waals surface area contributed by atoms with Crippen molar-refractivity contribution in [2.24, 2.45) is 5.73 Å². The van der Waals surface area contributed by atoms with Gasteiger partial charge in [0, 0.05) is 13.1 Å². The van der Waals surface area contributed by atoms with Crippen LogP contribution in [-0.2, 0) is 9.59 Å². The van der Waals surface area contributed by atoms with Crippen LogP contribution in [0.25, 0.3) is 0 Å². The van der Waals surface area contributed by atoms with Crippen molar-refractivity contribution in [3.8, 4) is 0 Å². The highest BCUT2D eigenvalue weighted by Gasteiger charge is 2.19. The first-order chi connectivity index (χ1) is 8.93. The fraction of sp³-hybridized carbons (Fsp3) is 0.583. The summed E-state index contributed by atoms with van der Waals surface area (Å²) in [5.74, 6) is 0.354. The molecule has 0 aliphatic carbocycles. The van der Waals surface area contributed by atoms with E-state index in [1.54, 1.807) is 20.0 Å². The maximum Gasteiger partial charge on any atom is 0.245 e. The topological polar surface area (TPSA) is 101 Å². The molecule has 1 heterocycles. The molecule has 3 N–H and O–H groups in total. The molecule has 0 aliphatic rings. The number of nitrogens with zero attached hydrogens (tertiary/aromatic N) is 2. The van der Waals surface area contributed by atoms with Gasteiger partial charge < -0.3 is 20.5 Å². The third-order valence-electron chi connectivity index (χ3n) is 2.57. The van der Waals surface area contributed by atoms with Crippen LogP contribution in [0.4, 0.5) is 5.82 Å². The van der Waals surface area contributed by atoms with Gasteiger partial charge in [-0.15, -0.1) is 0 Å². The molecule has 7 heteroatoms. The zero-order valence-electron chi connectivity index (χ0n) is 11.5. The van der Waals surface area contributed by atoms with Crippen LogP contribution in [0.2, 0.25) is 0 Å². The van der Waals surface area contributed by atoms with Gasteiger partial charge in [0.15, 0.2) is 5.82 Å². The van der Waals surface area contributed by atoms with E-state index in [9.17, 15) is 9.59 Å². The highest BCUT2D eigenvalue weighted by Crippen LogP contribution is 2.07. The Morgan fingerprint density at radius 1 is 1.58 bits per heavy atom. The Labute approximate surface area is 112 Å². The molecule has 1 rings (SSSR count). The Morgan fingerprint density at radius 2 is 2.26 bits per heavy atom. The van der Waals surface area contributed by atoms with E-state index in [2.05, 4.69) is 10.5 Å². The highest BCUT2D eigenvalue weighted by atomic mass is 16.5. The van der Waals surface area contributed by atoms with Gasteiger partial charge in [-0.3, -0.25) is 9.59 Å². The molecule has 106 valence electrons. The summed E-state index contributed by atoms with van der Waals surface area (Å²) in [5.41, 5.74) is 5.71. The summed E-state index contributed by atoms with van der Waals surface area (Å²) in [4.78, 5) is 24.8. The SMILES string of the molecule is CCC[C@H](N)C(=O)N(C)CC(=O)Nc1cc(C)on1. The number of rotatable bonds is 6. The second-order valence-electron chi connectivity index (χ2n) is 4.46. The maximum atomic E-state index is 11.8. The smallest absolute Gasteiger partial charge is 0.245 e. The van der Waals surface area contributed by atoms with Gasteiger partial charge in [0.2, 0.25) is 11.8 Å². The van der Waals surface area contributed by atoms with Gasteiger partial charge >= 0.3 is 0 Å². The fourth-order valence-corrected chi connectivity index (χ4v) is 1.62. The number of carbonyl (C=O) groups is 2. The van der Waals surface area contributed by atoms with Crippen LogP contribution in [0.1, 0.15) is 25.5 Å². The standard InChI is InChI=1S/C12H20N4O3/c1-4-5-9(13)12(18)16(3)7-11(17)14-10-6-8(2)19-15-10/h6,9H,4-5,7,13H2,1-3H3,(H,14,15,17)/t9-/m0/s1. The molecule has 2 amide bonds. The van der Waals surface area contributed by atoms with Crippen LogP contribution in [0.3, 0.4) is 0 Å². The molecule has 0 saturated carbocycles. The monoisotopic (exact) mass is 268 g/mol. The van der Waals surface area contributed by atoms with E-state index in [1.807, 2.05) is 6.92 Å². The summed E-state index contributed by atoms with van der Waals surface area (Å²) in [6.45, 7) is 3.61. The van der Waals surface area contributed by atoms with Crippen LogP contribution < -0.4 is 11.1 Å². The van der Waals surface area contributed by atoms with Gasteiger partial charge in [-0.2, -0.15) is 0 Å². The van der Waals surface area contributed by atoms with Gasteiger partial charge in [-0.05, 0) is 13.3 Å². The van der Waals surface area contributed by atoms with E-state index < -0.39 is 6.04 Å². The lowest BCUT2D eigenvalue weighted by atomic mass is 10.1. The predicted molar refractivity (Wildman–Crippen MR) is 70.4 cm³/mol. The number of nitrogens with one attached hydrogen (secondary N) is 1. The molecule has 0 saturated heterocycles. The molecule has 0 aliphatic heterocycles. The van der Waals surface area contributed by atoms with Crippen molar-refractivity contribution in [3.63, 3.8) is 0 Å². The third-order valence-corrected chi connectivity index (χ3v) is 2.57. The van der Waals surface area contributed by atoms with Gasteiger partial charge in [0.1, 0.15) is 5.76 Å². The molecule has 0 fully saturated rings. The summed E-state index contributed by atoms with van der Waals surface area (Å²) >= 11 is 0. The zero-order chi connectivity index (χ0) is 14.4. The summed E-state index contributed by atoms with van der Waals surface area (Å²) in [6.07, 6.45) is 1.43. The molecular formula is C12H20N4O3. The number of hydrogen-bond acceptors (Lipinski definition) is 5. The van der Waals surface area contributed by atoms with Crippen molar-refractivity contribution < 1.29 is 14.1 Å². The number of carbonyl (C=O) groups excluding carboxylic acids is 2. The van der Waals surface area contributed by atoms with Crippen LogP contribution in [0.5, 0.6) is 0 Å². The first kappa shape index (κ1) is 15.2. The Kier molecular flexibility index (Phi) is 5.50. The second-order valence-corrected chi connectivity index (χ2v) is 4.46. The molecule has 19 heavy (non-hydrogen) atoms. The minimum absolute atomic E-state index is 0.0673. The van der Waals surface area contributed by atoms with Crippen molar-refractivity contribution in [3.05, 3.63) is 11.8 Å². The number of amides is 2. The lowest BCUT2D eigenvalue weighted by Gasteiger charge is -2.20. The van der Waals surface area contributed by atoms with Gasteiger partial charge in [-0.1, -0.05) is 18.5 Å². The molecule has 7 nitrogen and oxygen atoms in total. The number of aryl methyl sites for hydroxylation is 1. The average Bonchev–Trinajstić information content (AvgIpc) is 2.73. The van der Waals surface area contributed by atoms with Gasteiger partial charge in [-0.25, -0.2) is 0 Å². The quantitative estimate of drug-likeness (QED) is 0.782. The van der Waals surface area contributed by atoms with Crippen molar-refractivity contribution in [1.82, 2.24) is 10.1 Å². The maximum absolute atomic E-state index is 11.8. The summed E-state index contributed by atoms with van der Waals surface area (Å²) in [6, 6.07) is 1.04. The Morgan fingerprint density at radius 3 is 2.79 bits per heavy atom. The largest absolute Gasteiger partial charge is 0.360 e. The average molecular weight is 268 g/mol. The van der Waals surface area contributed by atoms with E-state index in [0.29, 0.717) is 18.0 Å². The molecule has 0 unspecified atom stereocenters. The van der Waals surface area contributed by atoms with Crippen molar-refractivity contribution in [1.29, 1.82) is 0 Å². The third kappa shape index (κ3) is 4.70. The van der Waals surface area contributed by atoms with Crippen LogP contribution in [0, 0.1) is 6.92 Å². The van der Waals surface area contributed by atoms with Gasteiger partial charge in [0.25, 0.3) is 0 Å². The number of aromatic nitrogens is 1. The number of nitrogens with two attached hydrogens (primary N) is 1. The van der Waals surface area contributed by atoms with Crippen molar-refractivity contribution >= 4 is 17.6 Å². The zero-order valence-corrected chi connectivity index (χ0v) is 11.5. The lowest BCUT2D eigenvalue weighted by molar-refractivity contribution is -0.134. The van der Waals surface area contributed by atoms with Crippen LogP contribution in [-0.4, -0.2) is 41.5 Å². The van der Waals surface area contributed by atoms with Gasteiger partial charge in [0.05, 0.1) is 12.6 Å². The normalized spacial score (nSPS) is 12.0. The number of likely N-dealkylation sites (N-methyl/N-ethyl adjacent to an activating group) is 1. The van der Waals surface area contributed by atoms with E-state index in [1.165, 1.54) is 4.90 Å². The molecule has 1 aromatic rings. The fourth-order valence-electron chi connectivity index (χ4n) is 1.62. The van der Waals surface area contributed by atoms with E-state index in [4.69, 9.17) is 10.3 Å². The first-order valence-electron chi connectivity index (χ1n) is 6.17. The summed E-state index contributed by atoms with van der Waals surface area (Å²) < 4.78 is 4.82. The van der Waals surface area contributed by atoms with E-state index >= 15 is 0 Å². The number of hydrogen-bond donors (Lipinski definition) is 2. The molecule has 1 aromatic heterocycles. The van der Waals surface area contributed by atoms with Crippen molar-refractivity contribution in [2.45, 2.75) is 32.7 Å². The Bertz CT molecular complexity index is 444. The molecular weight excluding hydrogens is 248 g/mol. The van der Waals surface area contributed by atoms with Crippen LogP contribution in [0.15, 0.2) is 10.6 Å². The number of anilines is 1. The van der Waals surface area contributed by atoms with E-state index in [-0.39, 0.29) is 18.4 Å². The second kappa shape index (κ2) is 6.89. The minimum atomic E-state index is -0.558. The summed E-state index contributed by atoms with van der Waals surface area (Å²) in [5, 5.41) is 6.18. The Balaban J connectivity index is 2.45. The lowest BCUT2D eigenvalue weighted by Crippen LogP contribution is -2.44.